The van der Waals surface area contributed by atoms with E-state index < -0.39 is 11.8 Å². The molecule has 0 radical (unpaired) electrons. The highest BCUT2D eigenvalue weighted by molar-refractivity contribution is 5.95. The highest BCUT2D eigenvalue weighted by Gasteiger charge is 2.20. The molecule has 1 amide bonds. The van der Waals surface area contributed by atoms with Gasteiger partial charge in [-0.25, -0.2) is 0 Å². The summed E-state index contributed by atoms with van der Waals surface area (Å²) in [5.41, 5.74) is 6.78. The summed E-state index contributed by atoms with van der Waals surface area (Å²) in [5, 5.41) is 9.88. The van der Waals surface area contributed by atoms with Crippen LogP contribution in [0.2, 0.25) is 0 Å². The molecule has 2 aromatic carbocycles. The molecule has 0 heterocycles. The normalized spacial score (nSPS) is 11.8. The molecule has 0 saturated carbocycles. The van der Waals surface area contributed by atoms with Crippen molar-refractivity contribution in [3.05, 3.63) is 65.7 Å². The van der Waals surface area contributed by atoms with E-state index >= 15 is 0 Å². The maximum Gasteiger partial charge on any atom is 0.225 e. The SMILES string of the molecule is NC(=O)C(CCCCCC(=O)c1ccccc1)c1ccccc1O. The van der Waals surface area contributed by atoms with Gasteiger partial charge in [0.1, 0.15) is 5.75 Å². The Morgan fingerprint density at radius 2 is 1.58 bits per heavy atom. The van der Waals surface area contributed by atoms with Gasteiger partial charge in [0.05, 0.1) is 5.92 Å². The maximum atomic E-state index is 12.0. The van der Waals surface area contributed by atoms with Crippen LogP contribution in [0.4, 0.5) is 0 Å². The number of unbranched alkanes of at least 4 members (excludes halogenated alkanes) is 2. The summed E-state index contributed by atoms with van der Waals surface area (Å²) in [7, 11) is 0. The number of Topliss-reactive ketones (excluding diaryl/α,β-unsaturated/α-hetero) is 1. The lowest BCUT2D eigenvalue weighted by atomic mass is 9.91. The zero-order valence-electron chi connectivity index (χ0n) is 13.7. The molecule has 0 bridgehead atoms. The number of primary amides is 1. The number of amides is 1. The van der Waals surface area contributed by atoms with Gasteiger partial charge >= 0.3 is 0 Å². The molecule has 1 unspecified atom stereocenters. The minimum absolute atomic E-state index is 0.0977. The van der Waals surface area contributed by atoms with Gasteiger partial charge in [0.15, 0.2) is 5.78 Å². The first-order chi connectivity index (χ1) is 11.6. The van der Waals surface area contributed by atoms with Crippen LogP contribution in [0.15, 0.2) is 54.6 Å². The molecular weight excluding hydrogens is 302 g/mol. The van der Waals surface area contributed by atoms with Gasteiger partial charge in [-0.05, 0) is 18.9 Å². The number of ketones is 1. The fourth-order valence-corrected chi connectivity index (χ4v) is 2.81. The van der Waals surface area contributed by atoms with Crippen molar-refractivity contribution in [3.63, 3.8) is 0 Å². The third kappa shape index (κ3) is 4.95. The van der Waals surface area contributed by atoms with Crippen molar-refractivity contribution in [2.24, 2.45) is 5.73 Å². The molecule has 4 heteroatoms. The van der Waals surface area contributed by atoms with Gasteiger partial charge in [0.25, 0.3) is 0 Å². The van der Waals surface area contributed by atoms with Gasteiger partial charge in [-0.1, -0.05) is 61.4 Å². The Kier molecular flexibility index (Phi) is 6.55. The van der Waals surface area contributed by atoms with Crippen LogP contribution in [0, 0.1) is 0 Å². The average Bonchev–Trinajstić information content (AvgIpc) is 2.59. The summed E-state index contributed by atoms with van der Waals surface area (Å²) in [5.74, 6) is -0.684. The van der Waals surface area contributed by atoms with Crippen molar-refractivity contribution in [1.29, 1.82) is 0 Å². The first-order valence-corrected chi connectivity index (χ1v) is 8.25. The average molecular weight is 325 g/mol. The molecule has 126 valence electrons. The van der Waals surface area contributed by atoms with Gasteiger partial charge < -0.3 is 10.8 Å². The van der Waals surface area contributed by atoms with E-state index in [1.165, 1.54) is 0 Å². The largest absolute Gasteiger partial charge is 0.508 e. The molecule has 0 aromatic heterocycles. The van der Waals surface area contributed by atoms with Gasteiger partial charge in [0, 0.05) is 17.5 Å². The summed E-state index contributed by atoms with van der Waals surface area (Å²) in [6, 6.07) is 16.0. The third-order valence-corrected chi connectivity index (χ3v) is 4.15. The topological polar surface area (TPSA) is 80.4 Å². The molecule has 3 N–H and O–H groups in total. The summed E-state index contributed by atoms with van der Waals surface area (Å²) in [6.45, 7) is 0. The van der Waals surface area contributed by atoms with Gasteiger partial charge in [-0.2, -0.15) is 0 Å². The van der Waals surface area contributed by atoms with E-state index in [-0.39, 0.29) is 11.5 Å². The number of carbonyl (C=O) groups is 2. The van der Waals surface area contributed by atoms with Crippen LogP contribution in [0.5, 0.6) is 5.75 Å². The molecule has 0 aliphatic heterocycles. The summed E-state index contributed by atoms with van der Waals surface area (Å²) in [4.78, 5) is 23.7. The number of aromatic hydroxyl groups is 1. The number of phenols is 1. The quantitative estimate of drug-likeness (QED) is 0.543. The van der Waals surface area contributed by atoms with Crippen molar-refractivity contribution < 1.29 is 14.7 Å². The Hall–Kier alpha value is -2.62. The Labute approximate surface area is 142 Å². The fraction of sp³-hybridized carbons (Fsp3) is 0.300. The fourth-order valence-electron chi connectivity index (χ4n) is 2.81. The second-order valence-electron chi connectivity index (χ2n) is 5.90. The van der Waals surface area contributed by atoms with E-state index in [4.69, 9.17) is 5.73 Å². The first kappa shape index (κ1) is 17.7. The number of hydrogen-bond donors (Lipinski definition) is 2. The number of rotatable bonds is 9. The van der Waals surface area contributed by atoms with Crippen LogP contribution in [-0.2, 0) is 4.79 Å². The Morgan fingerprint density at radius 3 is 2.25 bits per heavy atom. The monoisotopic (exact) mass is 325 g/mol. The minimum atomic E-state index is -0.490. The highest BCUT2D eigenvalue weighted by Crippen LogP contribution is 2.29. The summed E-state index contributed by atoms with van der Waals surface area (Å²) >= 11 is 0. The van der Waals surface area contributed by atoms with Crippen LogP contribution in [0.25, 0.3) is 0 Å². The van der Waals surface area contributed by atoms with E-state index in [0.717, 1.165) is 24.8 Å². The second kappa shape index (κ2) is 8.87. The maximum absolute atomic E-state index is 12.0. The first-order valence-electron chi connectivity index (χ1n) is 8.25. The van der Waals surface area contributed by atoms with Gasteiger partial charge in [0.2, 0.25) is 5.91 Å². The van der Waals surface area contributed by atoms with E-state index in [2.05, 4.69) is 0 Å². The Morgan fingerprint density at radius 1 is 0.917 bits per heavy atom. The van der Waals surface area contributed by atoms with E-state index in [1.54, 1.807) is 24.3 Å². The van der Waals surface area contributed by atoms with Crippen LogP contribution >= 0.6 is 0 Å². The molecule has 2 rings (SSSR count). The highest BCUT2D eigenvalue weighted by atomic mass is 16.3. The molecular formula is C20H23NO3. The molecule has 0 saturated heterocycles. The molecule has 0 spiro atoms. The number of hydrogen-bond acceptors (Lipinski definition) is 3. The molecule has 0 fully saturated rings. The summed E-state index contributed by atoms with van der Waals surface area (Å²) in [6.07, 6.45) is 3.48. The molecule has 0 aliphatic carbocycles. The summed E-state index contributed by atoms with van der Waals surface area (Å²) < 4.78 is 0. The lowest BCUT2D eigenvalue weighted by Crippen LogP contribution is -2.21. The smallest absolute Gasteiger partial charge is 0.225 e. The predicted molar refractivity (Wildman–Crippen MR) is 93.9 cm³/mol. The van der Waals surface area contributed by atoms with Crippen molar-refractivity contribution in [2.75, 3.05) is 0 Å². The number of para-hydroxylation sites is 1. The van der Waals surface area contributed by atoms with Crippen LogP contribution in [0.1, 0.15) is 53.9 Å². The molecule has 2 aromatic rings. The number of carbonyl (C=O) groups excluding carboxylic acids is 2. The van der Waals surface area contributed by atoms with Gasteiger partial charge in [-0.15, -0.1) is 0 Å². The molecule has 1 atom stereocenters. The van der Waals surface area contributed by atoms with Crippen molar-refractivity contribution in [3.8, 4) is 5.75 Å². The standard InChI is InChI=1S/C20H23NO3/c21-20(24)17(16-11-7-8-14-19(16)23)12-5-2-6-13-18(22)15-9-3-1-4-10-15/h1,3-4,7-11,14,17,23H,2,5-6,12-13H2,(H2,21,24). The zero-order valence-corrected chi connectivity index (χ0v) is 13.7. The van der Waals surface area contributed by atoms with Crippen LogP contribution < -0.4 is 5.73 Å². The Bertz CT molecular complexity index is 682. The van der Waals surface area contributed by atoms with Crippen molar-refractivity contribution in [2.45, 2.75) is 38.0 Å². The van der Waals surface area contributed by atoms with Crippen LogP contribution in [-0.4, -0.2) is 16.8 Å². The number of nitrogens with two attached hydrogens (primary N) is 1. The van der Waals surface area contributed by atoms with E-state index in [9.17, 15) is 14.7 Å². The van der Waals surface area contributed by atoms with Gasteiger partial charge in [-0.3, -0.25) is 9.59 Å². The predicted octanol–water partition coefficient (Wildman–Crippen LogP) is 3.79. The third-order valence-electron chi connectivity index (χ3n) is 4.15. The minimum Gasteiger partial charge on any atom is -0.508 e. The lowest BCUT2D eigenvalue weighted by Gasteiger charge is -2.15. The molecule has 24 heavy (non-hydrogen) atoms. The number of benzene rings is 2. The van der Waals surface area contributed by atoms with Crippen molar-refractivity contribution in [1.82, 2.24) is 0 Å². The second-order valence-corrected chi connectivity index (χ2v) is 5.90. The van der Waals surface area contributed by atoms with E-state index in [0.29, 0.717) is 18.4 Å². The Balaban J connectivity index is 1.79. The lowest BCUT2D eigenvalue weighted by molar-refractivity contribution is -0.119. The van der Waals surface area contributed by atoms with Crippen LogP contribution in [0.3, 0.4) is 0 Å². The zero-order chi connectivity index (χ0) is 17.4. The van der Waals surface area contributed by atoms with E-state index in [1.807, 2.05) is 30.3 Å². The molecule has 4 nitrogen and oxygen atoms in total. The van der Waals surface area contributed by atoms with Crippen molar-refractivity contribution >= 4 is 11.7 Å². The molecule has 0 aliphatic rings. The number of phenolic OH excluding ortho intramolecular Hbond substituents is 1.